The van der Waals surface area contributed by atoms with E-state index in [4.69, 9.17) is 0 Å². The minimum absolute atomic E-state index is 0.0216. The first kappa shape index (κ1) is 13.1. The second-order valence-corrected chi connectivity index (χ2v) is 5.24. The van der Waals surface area contributed by atoms with Gasteiger partial charge >= 0.3 is 5.97 Å². The summed E-state index contributed by atoms with van der Waals surface area (Å²) in [5, 5.41) is 5.88. The number of amides is 1. The molecule has 1 aliphatic rings. The van der Waals surface area contributed by atoms with Crippen LogP contribution in [0, 0.1) is 3.57 Å². The maximum atomic E-state index is 11.8. The van der Waals surface area contributed by atoms with Crippen molar-refractivity contribution in [3.63, 3.8) is 0 Å². The highest BCUT2D eigenvalue weighted by Gasteiger charge is 2.25. The van der Waals surface area contributed by atoms with Crippen molar-refractivity contribution in [1.29, 1.82) is 0 Å². The average molecular weight is 360 g/mol. The lowest BCUT2D eigenvalue weighted by molar-refractivity contribution is -0.142. The third kappa shape index (κ3) is 2.92. The second-order valence-electron chi connectivity index (χ2n) is 4.00. The molecule has 0 aromatic heterocycles. The van der Waals surface area contributed by atoms with Gasteiger partial charge in [0, 0.05) is 15.8 Å². The smallest absolute Gasteiger partial charge is 0.308 e. The molecule has 6 heteroatoms. The average Bonchev–Trinajstić information content (AvgIpc) is 2.50. The zero-order valence-corrected chi connectivity index (χ0v) is 12.0. The minimum Gasteiger partial charge on any atom is -0.469 e. The summed E-state index contributed by atoms with van der Waals surface area (Å²) in [4.78, 5) is 23.1. The van der Waals surface area contributed by atoms with Gasteiger partial charge in [-0.05, 0) is 46.4 Å². The third-order valence-corrected chi connectivity index (χ3v) is 3.44. The fourth-order valence-electron chi connectivity index (χ4n) is 1.80. The predicted molar refractivity (Wildman–Crippen MR) is 75.0 cm³/mol. The largest absolute Gasteiger partial charge is 0.469 e. The number of carbonyl (C=O) groups excluding carboxylic acids is 2. The molecule has 1 unspecified atom stereocenters. The number of rotatable bonds is 2. The molecule has 96 valence electrons. The van der Waals surface area contributed by atoms with Gasteiger partial charge in [0.15, 0.2) is 0 Å². The van der Waals surface area contributed by atoms with Gasteiger partial charge in [-0.1, -0.05) is 0 Å². The second kappa shape index (κ2) is 5.55. The molecule has 1 atom stereocenters. The number of carbonyl (C=O) groups is 2. The molecular weight excluding hydrogens is 347 g/mol. The van der Waals surface area contributed by atoms with E-state index < -0.39 is 12.0 Å². The Morgan fingerprint density at radius 2 is 2.33 bits per heavy atom. The summed E-state index contributed by atoms with van der Waals surface area (Å²) in [6.45, 7) is 0.468. The molecule has 1 heterocycles. The molecule has 2 N–H and O–H groups in total. The molecule has 1 aliphatic heterocycles. The molecule has 0 saturated heterocycles. The van der Waals surface area contributed by atoms with Crippen LogP contribution in [-0.4, -0.2) is 25.0 Å². The SMILES string of the molecule is COC(=O)CC1Nc2ccc(I)cc2CNC1=O. The molecule has 0 spiro atoms. The van der Waals surface area contributed by atoms with Gasteiger partial charge in [-0.25, -0.2) is 0 Å². The molecule has 0 radical (unpaired) electrons. The summed E-state index contributed by atoms with van der Waals surface area (Å²) in [6, 6.07) is 5.29. The Kier molecular flexibility index (Phi) is 4.05. The van der Waals surface area contributed by atoms with Gasteiger partial charge in [0.1, 0.15) is 6.04 Å². The van der Waals surface area contributed by atoms with Crippen molar-refractivity contribution < 1.29 is 14.3 Å². The molecule has 0 saturated carbocycles. The van der Waals surface area contributed by atoms with E-state index in [2.05, 4.69) is 38.0 Å². The predicted octanol–water partition coefficient (Wildman–Crippen LogP) is 1.26. The fraction of sp³-hybridized carbons (Fsp3) is 0.333. The van der Waals surface area contributed by atoms with Crippen LogP contribution in [0.25, 0.3) is 0 Å². The first-order valence-electron chi connectivity index (χ1n) is 5.49. The van der Waals surface area contributed by atoms with Crippen LogP contribution < -0.4 is 10.6 Å². The van der Waals surface area contributed by atoms with Crippen LogP contribution in [0.3, 0.4) is 0 Å². The van der Waals surface area contributed by atoms with Crippen molar-refractivity contribution >= 4 is 40.2 Å². The van der Waals surface area contributed by atoms with Crippen molar-refractivity contribution in [1.82, 2.24) is 5.32 Å². The van der Waals surface area contributed by atoms with Gasteiger partial charge in [0.05, 0.1) is 13.5 Å². The van der Waals surface area contributed by atoms with Crippen molar-refractivity contribution in [3.05, 3.63) is 27.3 Å². The quantitative estimate of drug-likeness (QED) is 0.616. The van der Waals surface area contributed by atoms with Crippen LogP contribution in [-0.2, 0) is 20.9 Å². The maximum Gasteiger partial charge on any atom is 0.308 e. The van der Waals surface area contributed by atoms with E-state index >= 15 is 0 Å². The van der Waals surface area contributed by atoms with E-state index in [1.807, 2.05) is 18.2 Å². The number of hydrogen-bond acceptors (Lipinski definition) is 4. The first-order valence-corrected chi connectivity index (χ1v) is 6.57. The Hall–Kier alpha value is -1.31. The molecule has 0 bridgehead atoms. The van der Waals surface area contributed by atoms with E-state index in [9.17, 15) is 9.59 Å². The topological polar surface area (TPSA) is 67.4 Å². The van der Waals surface area contributed by atoms with Crippen LogP contribution in [0.1, 0.15) is 12.0 Å². The van der Waals surface area contributed by atoms with Crippen molar-refractivity contribution in [2.75, 3.05) is 12.4 Å². The Bertz CT molecular complexity index is 490. The van der Waals surface area contributed by atoms with E-state index in [0.29, 0.717) is 6.54 Å². The van der Waals surface area contributed by atoms with Crippen LogP contribution in [0.15, 0.2) is 18.2 Å². The summed E-state index contributed by atoms with van der Waals surface area (Å²) >= 11 is 2.22. The van der Waals surface area contributed by atoms with Gasteiger partial charge in [0.25, 0.3) is 0 Å². The molecular formula is C12H13IN2O3. The lowest BCUT2D eigenvalue weighted by Crippen LogP contribution is -2.38. The summed E-state index contributed by atoms with van der Waals surface area (Å²) < 4.78 is 5.69. The van der Waals surface area contributed by atoms with Crippen molar-refractivity contribution in [3.8, 4) is 0 Å². The summed E-state index contributed by atoms with van der Waals surface area (Å²) in [5.74, 6) is -0.594. The first-order chi connectivity index (χ1) is 8.60. The molecule has 0 fully saturated rings. The molecule has 0 aliphatic carbocycles. The van der Waals surface area contributed by atoms with E-state index in [0.717, 1.165) is 14.8 Å². The lowest BCUT2D eigenvalue weighted by atomic mass is 10.1. The highest BCUT2D eigenvalue weighted by molar-refractivity contribution is 14.1. The van der Waals surface area contributed by atoms with E-state index in [1.165, 1.54) is 7.11 Å². The van der Waals surface area contributed by atoms with Crippen LogP contribution >= 0.6 is 22.6 Å². The minimum atomic E-state index is -0.584. The Morgan fingerprint density at radius 1 is 1.56 bits per heavy atom. The number of nitrogens with one attached hydrogen (secondary N) is 2. The number of benzene rings is 1. The van der Waals surface area contributed by atoms with Gasteiger partial charge in [0.2, 0.25) is 5.91 Å². The molecule has 2 rings (SSSR count). The molecule has 1 aromatic carbocycles. The lowest BCUT2D eigenvalue weighted by Gasteiger charge is -2.15. The van der Waals surface area contributed by atoms with Crippen LogP contribution in [0.5, 0.6) is 0 Å². The molecule has 18 heavy (non-hydrogen) atoms. The zero-order valence-electron chi connectivity index (χ0n) is 9.83. The summed E-state index contributed by atoms with van der Waals surface area (Å²) in [5.41, 5.74) is 1.89. The Labute approximate surface area is 118 Å². The number of esters is 1. The number of fused-ring (bicyclic) bond motifs is 1. The number of anilines is 1. The van der Waals surface area contributed by atoms with E-state index in [-0.39, 0.29) is 12.3 Å². The number of hydrogen-bond donors (Lipinski definition) is 2. The van der Waals surface area contributed by atoms with Crippen molar-refractivity contribution in [2.24, 2.45) is 0 Å². The maximum absolute atomic E-state index is 11.8. The molecule has 1 amide bonds. The standard InChI is InChI=1S/C12H13IN2O3/c1-18-11(16)5-10-12(17)14-6-7-4-8(13)2-3-9(7)15-10/h2-4,10,15H,5-6H2,1H3,(H,14,17). The summed E-state index contributed by atoms with van der Waals surface area (Å²) in [6.07, 6.45) is 0.0216. The number of ether oxygens (including phenoxy) is 1. The van der Waals surface area contributed by atoms with Gasteiger partial charge < -0.3 is 15.4 Å². The monoisotopic (exact) mass is 360 g/mol. The van der Waals surface area contributed by atoms with Gasteiger partial charge in [-0.2, -0.15) is 0 Å². The third-order valence-electron chi connectivity index (χ3n) is 2.77. The van der Waals surface area contributed by atoms with Crippen LogP contribution in [0.2, 0.25) is 0 Å². The fourth-order valence-corrected chi connectivity index (χ4v) is 2.36. The number of methoxy groups -OCH3 is 1. The number of halogens is 1. The highest BCUT2D eigenvalue weighted by Crippen LogP contribution is 2.22. The molecule has 5 nitrogen and oxygen atoms in total. The molecule has 1 aromatic rings. The van der Waals surface area contributed by atoms with Gasteiger partial charge in [-0.15, -0.1) is 0 Å². The van der Waals surface area contributed by atoms with Crippen molar-refractivity contribution in [2.45, 2.75) is 19.0 Å². The zero-order chi connectivity index (χ0) is 13.1. The summed E-state index contributed by atoms with van der Waals surface area (Å²) in [7, 11) is 1.31. The van der Waals surface area contributed by atoms with Crippen LogP contribution in [0.4, 0.5) is 5.69 Å². The highest BCUT2D eigenvalue weighted by atomic mass is 127. The van der Waals surface area contributed by atoms with E-state index in [1.54, 1.807) is 0 Å². The normalized spacial score (nSPS) is 18.1. The Morgan fingerprint density at radius 3 is 3.06 bits per heavy atom. The van der Waals surface area contributed by atoms with Gasteiger partial charge in [-0.3, -0.25) is 9.59 Å². The Balaban J connectivity index is 2.21.